The van der Waals surface area contributed by atoms with Gasteiger partial charge < -0.3 is 10.1 Å². The first kappa shape index (κ1) is 16.8. The van der Waals surface area contributed by atoms with Crippen molar-refractivity contribution in [3.05, 3.63) is 28.2 Å². The maximum absolute atomic E-state index is 12.3. The van der Waals surface area contributed by atoms with Crippen LogP contribution in [0.15, 0.2) is 22.7 Å². The predicted molar refractivity (Wildman–Crippen MR) is 86.8 cm³/mol. The van der Waals surface area contributed by atoms with E-state index in [-0.39, 0.29) is 18.0 Å². The van der Waals surface area contributed by atoms with E-state index in [4.69, 9.17) is 4.74 Å². The Morgan fingerprint density at radius 1 is 1.45 bits per heavy atom. The van der Waals surface area contributed by atoms with Crippen LogP contribution in [0.4, 0.5) is 4.79 Å². The van der Waals surface area contributed by atoms with Crippen molar-refractivity contribution >= 4 is 27.9 Å². The minimum atomic E-state index is -0.445. The van der Waals surface area contributed by atoms with Crippen molar-refractivity contribution in [3.63, 3.8) is 0 Å². The van der Waals surface area contributed by atoms with Crippen LogP contribution >= 0.6 is 15.9 Å². The van der Waals surface area contributed by atoms with Gasteiger partial charge in [0.2, 0.25) is 5.91 Å². The third kappa shape index (κ3) is 3.59. The summed E-state index contributed by atoms with van der Waals surface area (Å²) in [5.74, 6) is 0.545. The smallest absolute Gasteiger partial charge is 0.324 e. The van der Waals surface area contributed by atoms with E-state index < -0.39 is 6.04 Å². The highest BCUT2D eigenvalue weighted by atomic mass is 79.9. The zero-order chi connectivity index (χ0) is 16.3. The number of carbonyl (C=O) groups is 2. The molecule has 2 atom stereocenters. The van der Waals surface area contributed by atoms with Crippen molar-refractivity contribution in [2.75, 3.05) is 20.2 Å². The summed E-state index contributed by atoms with van der Waals surface area (Å²) in [5.41, 5.74) is 1.03. The molecule has 0 unspecified atom stereocenters. The van der Waals surface area contributed by atoms with Gasteiger partial charge in [0.15, 0.2) is 0 Å². The van der Waals surface area contributed by atoms with Crippen LogP contribution in [0.3, 0.4) is 0 Å². The second-order valence-corrected chi connectivity index (χ2v) is 6.08. The molecule has 6 nitrogen and oxygen atoms in total. The van der Waals surface area contributed by atoms with Crippen molar-refractivity contribution < 1.29 is 14.3 Å². The molecule has 2 rings (SSSR count). The molecule has 1 fully saturated rings. The van der Waals surface area contributed by atoms with E-state index in [1.54, 1.807) is 14.0 Å². The Morgan fingerprint density at radius 3 is 2.73 bits per heavy atom. The van der Waals surface area contributed by atoms with E-state index in [2.05, 4.69) is 26.6 Å². The molecule has 0 spiro atoms. The SMILES string of the molecule is COc1ccc([C@H](C)N[C@@H](C)C(=O)N2CCNC2=O)cc1Br. The number of ether oxygens (including phenoxy) is 1. The summed E-state index contributed by atoms with van der Waals surface area (Å²) in [6.07, 6.45) is 0. The number of imide groups is 1. The Labute approximate surface area is 138 Å². The number of benzene rings is 1. The number of hydrogen-bond donors (Lipinski definition) is 2. The fraction of sp³-hybridized carbons (Fsp3) is 0.467. The fourth-order valence-corrected chi connectivity index (χ4v) is 2.97. The Balaban J connectivity index is 2.01. The highest BCUT2D eigenvalue weighted by Crippen LogP contribution is 2.28. The van der Waals surface area contributed by atoms with E-state index >= 15 is 0 Å². The number of carbonyl (C=O) groups excluding carboxylic acids is 2. The van der Waals surface area contributed by atoms with Crippen LogP contribution in [0.1, 0.15) is 25.5 Å². The normalized spacial score (nSPS) is 17.1. The average Bonchev–Trinajstić information content (AvgIpc) is 2.92. The molecule has 1 aliphatic heterocycles. The minimum absolute atomic E-state index is 0.0354. The maximum atomic E-state index is 12.3. The van der Waals surface area contributed by atoms with Crippen molar-refractivity contribution in [2.24, 2.45) is 0 Å². The third-order valence-corrected chi connectivity index (χ3v) is 4.29. The van der Waals surface area contributed by atoms with Gasteiger partial charge in [0, 0.05) is 19.1 Å². The molecule has 1 aliphatic rings. The van der Waals surface area contributed by atoms with Gasteiger partial charge >= 0.3 is 6.03 Å². The lowest BCUT2D eigenvalue weighted by Gasteiger charge is -2.23. The number of urea groups is 1. The topological polar surface area (TPSA) is 70.7 Å². The van der Waals surface area contributed by atoms with E-state index in [1.807, 2.05) is 25.1 Å². The molecule has 1 heterocycles. The summed E-state index contributed by atoms with van der Waals surface area (Å²) in [5, 5.41) is 5.85. The van der Waals surface area contributed by atoms with Gasteiger partial charge in [-0.25, -0.2) is 4.79 Å². The van der Waals surface area contributed by atoms with Gasteiger partial charge in [-0.1, -0.05) is 6.07 Å². The first-order valence-electron chi connectivity index (χ1n) is 7.12. The molecule has 1 aromatic carbocycles. The lowest BCUT2D eigenvalue weighted by molar-refractivity contribution is -0.129. The summed E-state index contributed by atoms with van der Waals surface area (Å²) in [7, 11) is 1.61. The summed E-state index contributed by atoms with van der Waals surface area (Å²) in [6.45, 7) is 4.68. The quantitative estimate of drug-likeness (QED) is 0.833. The van der Waals surface area contributed by atoms with Gasteiger partial charge in [0.25, 0.3) is 0 Å². The second kappa shape index (κ2) is 7.11. The molecular formula is C15H20BrN3O3. The second-order valence-electron chi connectivity index (χ2n) is 5.23. The molecule has 0 bridgehead atoms. The molecule has 22 heavy (non-hydrogen) atoms. The summed E-state index contributed by atoms with van der Waals surface area (Å²) in [4.78, 5) is 25.0. The number of halogens is 1. The summed E-state index contributed by atoms with van der Waals surface area (Å²) < 4.78 is 6.07. The van der Waals surface area contributed by atoms with Gasteiger partial charge in [-0.05, 0) is 47.5 Å². The minimum Gasteiger partial charge on any atom is -0.496 e. The number of amides is 3. The summed E-state index contributed by atoms with van der Waals surface area (Å²) >= 11 is 3.45. The maximum Gasteiger partial charge on any atom is 0.324 e. The van der Waals surface area contributed by atoms with Gasteiger partial charge in [-0.2, -0.15) is 0 Å². The van der Waals surface area contributed by atoms with Gasteiger partial charge in [-0.15, -0.1) is 0 Å². The molecule has 0 saturated carbocycles. The van der Waals surface area contributed by atoms with Crippen LogP contribution in [-0.2, 0) is 4.79 Å². The average molecular weight is 370 g/mol. The Morgan fingerprint density at radius 2 is 2.18 bits per heavy atom. The molecule has 120 valence electrons. The van der Waals surface area contributed by atoms with E-state index in [1.165, 1.54) is 4.90 Å². The highest BCUT2D eigenvalue weighted by Gasteiger charge is 2.30. The molecule has 1 saturated heterocycles. The molecule has 0 radical (unpaired) electrons. The number of rotatable bonds is 5. The van der Waals surface area contributed by atoms with Crippen LogP contribution in [-0.4, -0.2) is 43.1 Å². The highest BCUT2D eigenvalue weighted by molar-refractivity contribution is 9.10. The lowest BCUT2D eigenvalue weighted by atomic mass is 10.1. The largest absolute Gasteiger partial charge is 0.496 e. The first-order chi connectivity index (χ1) is 10.4. The molecule has 2 N–H and O–H groups in total. The van der Waals surface area contributed by atoms with E-state index in [0.29, 0.717) is 13.1 Å². The van der Waals surface area contributed by atoms with Crippen LogP contribution in [0.25, 0.3) is 0 Å². The van der Waals surface area contributed by atoms with E-state index in [9.17, 15) is 9.59 Å². The van der Waals surface area contributed by atoms with Gasteiger partial charge in [0.05, 0.1) is 17.6 Å². The molecule has 0 aromatic heterocycles. The Hall–Kier alpha value is -1.60. The number of methoxy groups -OCH3 is 1. The lowest BCUT2D eigenvalue weighted by Crippen LogP contribution is -2.46. The van der Waals surface area contributed by atoms with Crippen molar-refractivity contribution in [2.45, 2.75) is 25.9 Å². The van der Waals surface area contributed by atoms with Crippen molar-refractivity contribution in [1.82, 2.24) is 15.5 Å². The van der Waals surface area contributed by atoms with Crippen molar-refractivity contribution in [1.29, 1.82) is 0 Å². The number of hydrogen-bond acceptors (Lipinski definition) is 4. The standard InChI is InChI=1S/C15H20BrN3O3/c1-9(11-4-5-13(22-3)12(16)8-11)18-10(2)14(20)19-7-6-17-15(19)21/h4-5,8-10,18H,6-7H2,1-3H3,(H,17,21)/t9-,10-/m0/s1. The van der Waals surface area contributed by atoms with E-state index in [0.717, 1.165) is 15.8 Å². The first-order valence-corrected chi connectivity index (χ1v) is 7.92. The number of nitrogens with one attached hydrogen (secondary N) is 2. The fourth-order valence-electron chi connectivity index (χ4n) is 2.41. The van der Waals surface area contributed by atoms with Crippen LogP contribution in [0.2, 0.25) is 0 Å². The Bertz CT molecular complexity index is 579. The van der Waals surface area contributed by atoms with Gasteiger partial charge in [-0.3, -0.25) is 15.0 Å². The zero-order valence-corrected chi connectivity index (χ0v) is 14.4. The van der Waals surface area contributed by atoms with Crippen LogP contribution in [0.5, 0.6) is 5.75 Å². The van der Waals surface area contributed by atoms with Crippen LogP contribution in [0, 0.1) is 0 Å². The zero-order valence-electron chi connectivity index (χ0n) is 12.9. The molecular weight excluding hydrogens is 350 g/mol. The van der Waals surface area contributed by atoms with Gasteiger partial charge in [0.1, 0.15) is 5.75 Å². The van der Waals surface area contributed by atoms with Crippen molar-refractivity contribution in [3.8, 4) is 5.75 Å². The molecule has 7 heteroatoms. The summed E-state index contributed by atoms with van der Waals surface area (Å²) in [6, 6.07) is 4.97. The molecule has 1 aromatic rings. The Kier molecular flexibility index (Phi) is 5.42. The van der Waals surface area contributed by atoms with Crippen LogP contribution < -0.4 is 15.4 Å². The predicted octanol–water partition coefficient (Wildman–Crippen LogP) is 2.05. The third-order valence-electron chi connectivity index (χ3n) is 3.67. The molecule has 0 aliphatic carbocycles. The monoisotopic (exact) mass is 369 g/mol. The molecule has 3 amide bonds. The number of nitrogens with zero attached hydrogens (tertiary/aromatic N) is 1.